The number of pyridine rings is 1. The summed E-state index contributed by atoms with van der Waals surface area (Å²) < 4.78 is 5.97. The predicted octanol–water partition coefficient (Wildman–Crippen LogP) is 4.67. The maximum atomic E-state index is 5.97. The molecule has 4 aromatic rings. The fraction of sp³-hybridized carbons (Fsp3) is 0.304. The molecular formula is C23H23N5O. The van der Waals surface area contributed by atoms with E-state index in [1.165, 1.54) is 6.42 Å². The Kier molecular flexibility index (Phi) is 4.90. The topological polar surface area (TPSA) is 67.9 Å². The number of para-hydroxylation sites is 1. The van der Waals surface area contributed by atoms with E-state index in [1.807, 2.05) is 48.7 Å². The summed E-state index contributed by atoms with van der Waals surface area (Å²) in [5.74, 6) is 1.41. The number of rotatable bonds is 5. The molecule has 0 saturated carbocycles. The number of anilines is 1. The van der Waals surface area contributed by atoms with Crippen molar-refractivity contribution >= 4 is 16.9 Å². The summed E-state index contributed by atoms with van der Waals surface area (Å²) in [5.41, 5.74) is 2.71. The minimum Gasteiger partial charge on any atom is -0.454 e. The molecule has 5 rings (SSSR count). The molecule has 1 unspecified atom stereocenters. The number of hydrogen-bond donors (Lipinski definition) is 0. The summed E-state index contributed by atoms with van der Waals surface area (Å²) >= 11 is 0. The number of fused-ring (bicyclic) bond motifs is 1. The normalized spacial score (nSPS) is 17.0. The van der Waals surface area contributed by atoms with Crippen molar-refractivity contribution in [2.24, 2.45) is 0 Å². The zero-order chi connectivity index (χ0) is 19.5. The van der Waals surface area contributed by atoms with Crippen LogP contribution in [0.5, 0.6) is 0 Å². The van der Waals surface area contributed by atoms with Gasteiger partial charge in [0.2, 0.25) is 5.95 Å². The molecular weight excluding hydrogens is 362 g/mol. The average Bonchev–Trinajstić information content (AvgIpc) is 3.23. The Labute approximate surface area is 169 Å². The van der Waals surface area contributed by atoms with Gasteiger partial charge in [0, 0.05) is 29.9 Å². The van der Waals surface area contributed by atoms with Crippen molar-refractivity contribution in [3.8, 4) is 11.5 Å². The third kappa shape index (κ3) is 3.83. The van der Waals surface area contributed by atoms with Crippen molar-refractivity contribution in [1.29, 1.82) is 0 Å². The van der Waals surface area contributed by atoms with E-state index in [9.17, 15) is 0 Å². The molecule has 0 radical (unpaired) electrons. The van der Waals surface area contributed by atoms with E-state index in [0.717, 1.165) is 60.3 Å². The highest BCUT2D eigenvalue weighted by Crippen LogP contribution is 2.29. The highest BCUT2D eigenvalue weighted by Gasteiger charge is 2.25. The van der Waals surface area contributed by atoms with Gasteiger partial charge in [0.05, 0.1) is 6.20 Å². The van der Waals surface area contributed by atoms with Gasteiger partial charge in [-0.05, 0) is 56.4 Å². The number of furan rings is 1. The third-order valence-electron chi connectivity index (χ3n) is 5.57. The van der Waals surface area contributed by atoms with Crippen LogP contribution < -0.4 is 4.90 Å². The first-order valence-electron chi connectivity index (χ1n) is 10.2. The summed E-state index contributed by atoms with van der Waals surface area (Å²) in [6, 6.07) is 16.5. The minimum absolute atomic E-state index is 0.401. The molecule has 6 nitrogen and oxygen atoms in total. The molecule has 6 heteroatoms. The second-order valence-corrected chi connectivity index (χ2v) is 7.49. The van der Waals surface area contributed by atoms with E-state index in [1.54, 1.807) is 6.20 Å². The number of aryl methyl sites for hydroxylation is 1. The third-order valence-corrected chi connectivity index (χ3v) is 5.57. The van der Waals surface area contributed by atoms with Crippen LogP contribution in [0.25, 0.3) is 22.4 Å². The Balaban J connectivity index is 1.39. The van der Waals surface area contributed by atoms with Gasteiger partial charge < -0.3 is 9.32 Å². The zero-order valence-electron chi connectivity index (χ0n) is 16.2. The van der Waals surface area contributed by atoms with Gasteiger partial charge in [-0.3, -0.25) is 4.98 Å². The van der Waals surface area contributed by atoms with Crippen LogP contribution in [0.1, 0.15) is 31.4 Å². The quantitative estimate of drug-likeness (QED) is 0.497. The molecule has 1 fully saturated rings. The number of piperidine rings is 1. The maximum absolute atomic E-state index is 5.97. The summed E-state index contributed by atoms with van der Waals surface area (Å²) in [6.45, 7) is 0.956. The lowest BCUT2D eigenvalue weighted by Crippen LogP contribution is -2.41. The lowest BCUT2D eigenvalue weighted by Gasteiger charge is -2.35. The maximum Gasteiger partial charge on any atom is 0.246 e. The van der Waals surface area contributed by atoms with E-state index in [2.05, 4.69) is 26.1 Å². The van der Waals surface area contributed by atoms with Gasteiger partial charge in [0.25, 0.3) is 0 Å². The molecule has 146 valence electrons. The molecule has 1 atom stereocenters. The fourth-order valence-electron chi connectivity index (χ4n) is 4.07. The Hall–Kier alpha value is -3.28. The Morgan fingerprint density at radius 1 is 1.07 bits per heavy atom. The van der Waals surface area contributed by atoms with E-state index in [4.69, 9.17) is 9.40 Å². The van der Waals surface area contributed by atoms with Crippen LogP contribution in [-0.2, 0) is 6.42 Å². The smallest absolute Gasteiger partial charge is 0.246 e. The highest BCUT2D eigenvalue weighted by atomic mass is 16.3. The van der Waals surface area contributed by atoms with Crippen LogP contribution in [0.2, 0.25) is 0 Å². The van der Waals surface area contributed by atoms with Gasteiger partial charge in [-0.25, -0.2) is 4.98 Å². The molecule has 1 aliphatic rings. The van der Waals surface area contributed by atoms with E-state index in [-0.39, 0.29) is 0 Å². The molecule has 3 aromatic heterocycles. The summed E-state index contributed by atoms with van der Waals surface area (Å²) in [7, 11) is 0. The monoisotopic (exact) mass is 385 g/mol. The second kappa shape index (κ2) is 7.99. The molecule has 0 N–H and O–H groups in total. The summed E-state index contributed by atoms with van der Waals surface area (Å²) in [4.78, 5) is 11.6. The van der Waals surface area contributed by atoms with Crippen LogP contribution in [0.4, 0.5) is 5.95 Å². The first-order chi connectivity index (χ1) is 14.4. The predicted molar refractivity (Wildman–Crippen MR) is 113 cm³/mol. The van der Waals surface area contributed by atoms with Crippen LogP contribution in [-0.4, -0.2) is 32.8 Å². The van der Waals surface area contributed by atoms with Crippen LogP contribution >= 0.6 is 0 Å². The number of aromatic nitrogens is 4. The molecule has 0 aliphatic carbocycles. The van der Waals surface area contributed by atoms with Crippen molar-refractivity contribution in [1.82, 2.24) is 20.2 Å². The number of benzene rings is 1. The first-order valence-corrected chi connectivity index (χ1v) is 10.2. The van der Waals surface area contributed by atoms with Crippen molar-refractivity contribution in [2.75, 3.05) is 11.4 Å². The Bertz CT molecular complexity index is 1060. The summed E-state index contributed by atoms with van der Waals surface area (Å²) in [5, 5.41) is 9.65. The molecule has 0 amide bonds. The van der Waals surface area contributed by atoms with E-state index < -0.39 is 0 Å². The first kappa shape index (κ1) is 17.8. The molecule has 29 heavy (non-hydrogen) atoms. The number of hydrogen-bond acceptors (Lipinski definition) is 6. The average molecular weight is 385 g/mol. The highest BCUT2D eigenvalue weighted by molar-refractivity contribution is 5.82. The molecule has 4 heterocycles. The van der Waals surface area contributed by atoms with E-state index in [0.29, 0.717) is 12.0 Å². The van der Waals surface area contributed by atoms with Crippen molar-refractivity contribution in [3.05, 3.63) is 66.6 Å². The van der Waals surface area contributed by atoms with Gasteiger partial charge in [-0.15, -0.1) is 5.10 Å². The molecule has 1 saturated heterocycles. The van der Waals surface area contributed by atoms with Crippen molar-refractivity contribution < 1.29 is 4.42 Å². The Morgan fingerprint density at radius 2 is 2.00 bits per heavy atom. The molecule has 1 aliphatic heterocycles. The molecule has 0 bridgehead atoms. The molecule has 0 spiro atoms. The lowest BCUT2D eigenvalue weighted by atomic mass is 9.97. The van der Waals surface area contributed by atoms with Gasteiger partial charge in [-0.1, -0.05) is 24.3 Å². The van der Waals surface area contributed by atoms with Gasteiger partial charge >= 0.3 is 0 Å². The second-order valence-electron chi connectivity index (χ2n) is 7.49. The summed E-state index contributed by atoms with van der Waals surface area (Å²) in [6.07, 6.45) is 9.06. The molecule has 1 aromatic carbocycles. The largest absolute Gasteiger partial charge is 0.454 e. The van der Waals surface area contributed by atoms with Gasteiger partial charge in [0.15, 0.2) is 5.76 Å². The van der Waals surface area contributed by atoms with Crippen molar-refractivity contribution in [3.63, 3.8) is 0 Å². The fourth-order valence-corrected chi connectivity index (χ4v) is 4.07. The lowest BCUT2D eigenvalue weighted by molar-refractivity contribution is 0.429. The van der Waals surface area contributed by atoms with E-state index >= 15 is 0 Å². The van der Waals surface area contributed by atoms with Crippen LogP contribution in [0.3, 0.4) is 0 Å². The van der Waals surface area contributed by atoms with Crippen LogP contribution in [0.15, 0.2) is 65.3 Å². The van der Waals surface area contributed by atoms with Crippen LogP contribution in [0, 0.1) is 0 Å². The van der Waals surface area contributed by atoms with Crippen molar-refractivity contribution in [2.45, 2.75) is 38.1 Å². The standard InChI is InChI=1S/C23H23N5O/c1-2-10-21-17(7-1)15-22(29-21)20-16-25-27-23(26-20)28-14-6-4-9-19(28)12-11-18-8-3-5-13-24-18/h1-3,5,7-8,10,13,15-16,19H,4,6,9,11-12,14H2. The Morgan fingerprint density at radius 3 is 2.90 bits per heavy atom. The number of nitrogens with zero attached hydrogens (tertiary/aromatic N) is 5. The minimum atomic E-state index is 0.401. The SMILES string of the molecule is c1ccc(CCC2CCCCN2c2nncc(-c3cc4ccccc4o3)n2)nc1. The van der Waals surface area contributed by atoms with Gasteiger partial charge in [-0.2, -0.15) is 5.10 Å². The van der Waals surface area contributed by atoms with Gasteiger partial charge in [0.1, 0.15) is 11.3 Å². The zero-order valence-corrected chi connectivity index (χ0v) is 16.2.